The van der Waals surface area contributed by atoms with Crippen LogP contribution in [0.2, 0.25) is 0 Å². The summed E-state index contributed by atoms with van der Waals surface area (Å²) in [4.78, 5) is 0. The van der Waals surface area contributed by atoms with Gasteiger partial charge in [0.2, 0.25) is 0 Å². The van der Waals surface area contributed by atoms with E-state index in [-0.39, 0.29) is 5.82 Å². The smallest absolute Gasteiger partial charge is 0.130 e. The van der Waals surface area contributed by atoms with Gasteiger partial charge in [-0.25, -0.2) is 4.39 Å². The summed E-state index contributed by atoms with van der Waals surface area (Å²) in [5.74, 6) is 0.384. The summed E-state index contributed by atoms with van der Waals surface area (Å²) in [6.07, 6.45) is 3.82. The maximum atomic E-state index is 14.2. The second-order valence-corrected chi connectivity index (χ2v) is 7.51. The third kappa shape index (κ3) is 4.19. The summed E-state index contributed by atoms with van der Waals surface area (Å²) in [7, 11) is 0. The molecule has 29 heavy (non-hydrogen) atoms. The molecule has 2 nitrogen and oxygen atoms in total. The molecule has 4 rings (SSSR count). The Morgan fingerprint density at radius 1 is 0.931 bits per heavy atom. The van der Waals surface area contributed by atoms with Crippen LogP contribution in [0.25, 0.3) is 10.9 Å². The van der Waals surface area contributed by atoms with Crippen molar-refractivity contribution in [3.63, 3.8) is 0 Å². The minimum Gasteiger partial charge on any atom is -0.489 e. The first-order chi connectivity index (χ1) is 14.2. The first-order valence-corrected chi connectivity index (χ1v) is 10.2. The molecule has 0 radical (unpaired) electrons. The van der Waals surface area contributed by atoms with Gasteiger partial charge >= 0.3 is 0 Å². The molecule has 0 amide bonds. The molecule has 0 saturated heterocycles. The highest BCUT2D eigenvalue weighted by Crippen LogP contribution is 2.26. The molecule has 3 aromatic carbocycles. The van der Waals surface area contributed by atoms with Gasteiger partial charge in [0.1, 0.15) is 18.2 Å². The van der Waals surface area contributed by atoms with E-state index in [4.69, 9.17) is 4.74 Å². The van der Waals surface area contributed by atoms with E-state index in [9.17, 15) is 4.39 Å². The van der Waals surface area contributed by atoms with Gasteiger partial charge in [0.25, 0.3) is 0 Å². The van der Waals surface area contributed by atoms with Gasteiger partial charge < -0.3 is 9.30 Å². The first-order valence-electron chi connectivity index (χ1n) is 10.2. The van der Waals surface area contributed by atoms with Crippen molar-refractivity contribution in [3.8, 4) is 5.75 Å². The quantitative estimate of drug-likeness (QED) is 0.345. The highest BCUT2D eigenvalue weighted by atomic mass is 19.1. The standard InChI is InChI=1S/C26H26FNO/c1-3-7-21-12-13-24(16-25(21)27)29-18-23-11-10-22-14-15-28(26(22)19(23)2)17-20-8-5-4-6-9-20/h4-6,8-16H,3,7,17-18H2,1-2H3. The molecule has 0 N–H and O–H groups in total. The number of rotatable bonds is 7. The Morgan fingerprint density at radius 2 is 1.72 bits per heavy atom. The number of aryl methyl sites for hydroxylation is 2. The van der Waals surface area contributed by atoms with Crippen molar-refractivity contribution in [1.29, 1.82) is 0 Å². The van der Waals surface area contributed by atoms with Gasteiger partial charge in [-0.1, -0.05) is 61.9 Å². The predicted molar refractivity (Wildman–Crippen MR) is 117 cm³/mol. The number of hydrogen-bond donors (Lipinski definition) is 0. The summed E-state index contributed by atoms with van der Waals surface area (Å²) < 4.78 is 22.4. The van der Waals surface area contributed by atoms with Crippen LogP contribution in [0.15, 0.2) is 72.9 Å². The molecular formula is C26H26FNO. The van der Waals surface area contributed by atoms with Crippen LogP contribution in [-0.4, -0.2) is 4.57 Å². The predicted octanol–water partition coefficient (Wildman–Crippen LogP) is 6.67. The van der Waals surface area contributed by atoms with Crippen molar-refractivity contribution >= 4 is 10.9 Å². The molecule has 3 heteroatoms. The summed E-state index contributed by atoms with van der Waals surface area (Å²) in [6, 6.07) is 22.0. The monoisotopic (exact) mass is 387 g/mol. The minimum atomic E-state index is -0.187. The van der Waals surface area contributed by atoms with Crippen molar-refractivity contribution in [3.05, 3.63) is 101 Å². The fourth-order valence-corrected chi connectivity index (χ4v) is 3.84. The number of ether oxygens (including phenoxy) is 1. The van der Waals surface area contributed by atoms with Crippen LogP contribution in [-0.2, 0) is 19.6 Å². The average molecular weight is 387 g/mol. The van der Waals surface area contributed by atoms with Crippen LogP contribution in [0.3, 0.4) is 0 Å². The second kappa shape index (κ2) is 8.52. The summed E-state index contributed by atoms with van der Waals surface area (Å²) in [5, 5.41) is 1.22. The van der Waals surface area contributed by atoms with E-state index < -0.39 is 0 Å². The number of benzene rings is 3. The highest BCUT2D eigenvalue weighted by Gasteiger charge is 2.10. The topological polar surface area (TPSA) is 14.2 Å². The fourth-order valence-electron chi connectivity index (χ4n) is 3.84. The van der Waals surface area contributed by atoms with Gasteiger partial charge in [-0.2, -0.15) is 0 Å². The summed E-state index contributed by atoms with van der Waals surface area (Å²) in [6.45, 7) is 5.44. The van der Waals surface area contributed by atoms with Gasteiger partial charge in [0.05, 0.1) is 5.52 Å². The molecule has 0 spiro atoms. The Morgan fingerprint density at radius 3 is 2.48 bits per heavy atom. The third-order valence-corrected chi connectivity index (χ3v) is 5.43. The Balaban J connectivity index is 1.56. The minimum absolute atomic E-state index is 0.187. The molecule has 1 heterocycles. The average Bonchev–Trinajstić information content (AvgIpc) is 3.14. The Bertz CT molecular complexity index is 1110. The highest BCUT2D eigenvalue weighted by molar-refractivity contribution is 5.84. The van der Waals surface area contributed by atoms with Crippen LogP contribution in [0.4, 0.5) is 4.39 Å². The largest absolute Gasteiger partial charge is 0.489 e. The van der Waals surface area contributed by atoms with Crippen LogP contribution in [0.5, 0.6) is 5.75 Å². The normalized spacial score (nSPS) is 11.1. The third-order valence-electron chi connectivity index (χ3n) is 5.43. The molecular weight excluding hydrogens is 361 g/mol. The molecule has 0 unspecified atom stereocenters. The van der Waals surface area contributed by atoms with E-state index in [0.717, 1.165) is 30.5 Å². The Labute approximate surface area is 171 Å². The lowest BCUT2D eigenvalue weighted by Crippen LogP contribution is -2.03. The molecule has 0 saturated carbocycles. The number of aromatic nitrogens is 1. The number of halogens is 1. The lowest BCUT2D eigenvalue weighted by Gasteiger charge is -2.13. The zero-order valence-electron chi connectivity index (χ0n) is 17.0. The number of hydrogen-bond acceptors (Lipinski definition) is 1. The van der Waals surface area contributed by atoms with Gasteiger partial charge in [-0.3, -0.25) is 0 Å². The molecule has 0 aliphatic carbocycles. The van der Waals surface area contributed by atoms with Crippen LogP contribution in [0.1, 0.15) is 35.6 Å². The van der Waals surface area contributed by atoms with Crippen LogP contribution in [0, 0.1) is 12.7 Å². The van der Waals surface area contributed by atoms with Gasteiger partial charge in [-0.15, -0.1) is 0 Å². The molecule has 148 valence electrons. The fraction of sp³-hybridized carbons (Fsp3) is 0.231. The lowest BCUT2D eigenvalue weighted by molar-refractivity contribution is 0.303. The van der Waals surface area contributed by atoms with Crippen molar-refractivity contribution in [2.24, 2.45) is 0 Å². The molecule has 1 aromatic heterocycles. The zero-order chi connectivity index (χ0) is 20.2. The molecule has 4 aromatic rings. The zero-order valence-corrected chi connectivity index (χ0v) is 17.0. The van der Waals surface area contributed by atoms with Crippen molar-refractivity contribution in [2.75, 3.05) is 0 Å². The van der Waals surface area contributed by atoms with Gasteiger partial charge in [-0.05, 0) is 53.1 Å². The lowest BCUT2D eigenvalue weighted by atomic mass is 10.1. The van der Waals surface area contributed by atoms with Crippen LogP contribution >= 0.6 is 0 Å². The van der Waals surface area contributed by atoms with E-state index in [1.807, 2.05) is 18.2 Å². The van der Waals surface area contributed by atoms with E-state index in [0.29, 0.717) is 12.4 Å². The number of fused-ring (bicyclic) bond motifs is 1. The molecule has 0 fully saturated rings. The van der Waals surface area contributed by atoms with Crippen molar-refractivity contribution < 1.29 is 9.13 Å². The van der Waals surface area contributed by atoms with E-state index in [2.05, 4.69) is 67.1 Å². The Kier molecular flexibility index (Phi) is 5.66. The SMILES string of the molecule is CCCc1ccc(OCc2ccc3ccn(Cc4ccccc4)c3c2C)cc1F. The summed E-state index contributed by atoms with van der Waals surface area (Å²) in [5.41, 5.74) is 5.55. The van der Waals surface area contributed by atoms with E-state index >= 15 is 0 Å². The maximum absolute atomic E-state index is 14.2. The molecule has 0 atom stereocenters. The number of nitrogens with zero attached hydrogens (tertiary/aromatic N) is 1. The maximum Gasteiger partial charge on any atom is 0.130 e. The van der Waals surface area contributed by atoms with Crippen molar-refractivity contribution in [1.82, 2.24) is 4.57 Å². The van der Waals surface area contributed by atoms with Crippen LogP contribution < -0.4 is 4.74 Å². The van der Waals surface area contributed by atoms with Gasteiger partial charge in [0, 0.05) is 18.8 Å². The molecule has 0 bridgehead atoms. The van der Waals surface area contributed by atoms with Crippen molar-refractivity contribution in [2.45, 2.75) is 39.8 Å². The van der Waals surface area contributed by atoms with Gasteiger partial charge in [0.15, 0.2) is 0 Å². The molecule has 0 aliphatic heterocycles. The molecule has 0 aliphatic rings. The first kappa shape index (κ1) is 19.3. The van der Waals surface area contributed by atoms with E-state index in [1.165, 1.54) is 28.1 Å². The second-order valence-electron chi connectivity index (χ2n) is 7.51. The van der Waals surface area contributed by atoms with E-state index in [1.54, 1.807) is 0 Å². The Hall–Kier alpha value is -3.07. The summed E-state index contributed by atoms with van der Waals surface area (Å²) >= 11 is 0.